The fourth-order valence-corrected chi connectivity index (χ4v) is 2.93. The first kappa shape index (κ1) is 12.1. The van der Waals surface area contributed by atoms with E-state index in [9.17, 15) is 4.79 Å². The van der Waals surface area contributed by atoms with E-state index < -0.39 is 0 Å². The summed E-state index contributed by atoms with van der Waals surface area (Å²) in [6.45, 7) is 2.01. The highest BCUT2D eigenvalue weighted by Crippen LogP contribution is 2.37. The van der Waals surface area contributed by atoms with Crippen LogP contribution in [0.2, 0.25) is 0 Å². The average molecular weight is 347 g/mol. The zero-order chi connectivity index (χ0) is 11.8. The van der Waals surface area contributed by atoms with Gasteiger partial charge in [-0.1, -0.05) is 22.0 Å². The Morgan fingerprint density at radius 1 is 1.50 bits per heavy atom. The van der Waals surface area contributed by atoms with Gasteiger partial charge in [-0.25, -0.2) is 0 Å². The summed E-state index contributed by atoms with van der Waals surface area (Å²) in [5, 5.41) is 3.91. The predicted octanol–water partition coefficient (Wildman–Crippen LogP) is 3.41. The molecule has 1 aliphatic rings. The summed E-state index contributed by atoms with van der Waals surface area (Å²) in [6.07, 6.45) is 2.13. The lowest BCUT2D eigenvalue weighted by molar-refractivity contribution is 0.0936. The molecule has 2 rings (SSSR count). The van der Waals surface area contributed by atoms with Gasteiger partial charge in [-0.05, 0) is 53.4 Å². The van der Waals surface area contributed by atoms with Gasteiger partial charge >= 0.3 is 0 Å². The number of alkyl halides is 1. The molecule has 1 aliphatic carbocycles. The van der Waals surface area contributed by atoms with Gasteiger partial charge < -0.3 is 5.32 Å². The number of carbonyl (C=O) groups excluding carboxylic acids is 1. The first-order valence-electron chi connectivity index (χ1n) is 5.21. The van der Waals surface area contributed by atoms with Crippen molar-refractivity contribution in [1.29, 1.82) is 0 Å². The van der Waals surface area contributed by atoms with E-state index in [1.165, 1.54) is 0 Å². The van der Waals surface area contributed by atoms with Gasteiger partial charge in [0.05, 0.1) is 11.1 Å². The van der Waals surface area contributed by atoms with E-state index in [-0.39, 0.29) is 11.4 Å². The fourth-order valence-electron chi connectivity index (χ4n) is 1.56. The quantitative estimate of drug-likeness (QED) is 0.835. The molecular formula is C12H13Br2NO. The Morgan fingerprint density at radius 3 is 2.69 bits per heavy atom. The summed E-state index contributed by atoms with van der Waals surface area (Å²) < 4.78 is 0.857. The Hall–Kier alpha value is -0.350. The molecule has 1 aromatic carbocycles. The van der Waals surface area contributed by atoms with Gasteiger partial charge in [0.2, 0.25) is 0 Å². The maximum absolute atomic E-state index is 12.0. The van der Waals surface area contributed by atoms with Crippen LogP contribution in [0.4, 0.5) is 0 Å². The van der Waals surface area contributed by atoms with Crippen LogP contribution in [0.25, 0.3) is 0 Å². The van der Waals surface area contributed by atoms with Crippen molar-refractivity contribution in [3.05, 3.63) is 33.8 Å². The van der Waals surface area contributed by atoms with Crippen LogP contribution >= 0.6 is 31.9 Å². The first-order chi connectivity index (χ1) is 7.56. The maximum Gasteiger partial charge on any atom is 0.252 e. The summed E-state index contributed by atoms with van der Waals surface area (Å²) >= 11 is 6.86. The summed E-state index contributed by atoms with van der Waals surface area (Å²) in [7, 11) is 0. The number of benzene rings is 1. The van der Waals surface area contributed by atoms with Gasteiger partial charge in [-0.3, -0.25) is 4.79 Å². The Morgan fingerprint density at radius 2 is 2.19 bits per heavy atom. The zero-order valence-corrected chi connectivity index (χ0v) is 12.2. The van der Waals surface area contributed by atoms with Gasteiger partial charge in [-0.2, -0.15) is 0 Å². The zero-order valence-electron chi connectivity index (χ0n) is 9.02. The van der Waals surface area contributed by atoms with Crippen LogP contribution in [0, 0.1) is 6.92 Å². The van der Waals surface area contributed by atoms with Crippen LogP contribution < -0.4 is 5.32 Å². The van der Waals surface area contributed by atoms with E-state index >= 15 is 0 Å². The Labute approximate surface area is 112 Å². The average Bonchev–Trinajstić information content (AvgIpc) is 2.98. The maximum atomic E-state index is 12.0. The molecule has 1 amide bonds. The minimum atomic E-state index is 0.00140. The van der Waals surface area contributed by atoms with Crippen molar-refractivity contribution in [1.82, 2.24) is 5.32 Å². The standard InChI is InChI=1S/C12H13Br2NO/c1-8-2-3-9(10(14)6-8)11(16)15-12(7-13)4-5-12/h2-3,6H,4-5,7H2,1H3,(H,15,16). The Kier molecular flexibility index (Phi) is 3.40. The second kappa shape index (κ2) is 4.49. The second-order valence-electron chi connectivity index (χ2n) is 4.35. The first-order valence-corrected chi connectivity index (χ1v) is 7.12. The molecule has 16 heavy (non-hydrogen) atoms. The number of nitrogens with one attached hydrogen (secondary N) is 1. The number of hydrogen-bond donors (Lipinski definition) is 1. The third-order valence-corrected chi connectivity index (χ3v) is 4.59. The molecule has 1 N–H and O–H groups in total. The second-order valence-corrected chi connectivity index (χ2v) is 5.77. The van der Waals surface area contributed by atoms with Gasteiger partial charge in [0.25, 0.3) is 5.91 Å². The van der Waals surface area contributed by atoms with E-state index in [1.807, 2.05) is 25.1 Å². The van der Waals surface area contributed by atoms with Crippen LogP contribution in [-0.4, -0.2) is 16.8 Å². The van der Waals surface area contributed by atoms with Crippen molar-refractivity contribution in [2.45, 2.75) is 25.3 Å². The lowest BCUT2D eigenvalue weighted by Crippen LogP contribution is -2.38. The number of rotatable bonds is 3. The highest BCUT2D eigenvalue weighted by Gasteiger charge is 2.43. The topological polar surface area (TPSA) is 29.1 Å². The summed E-state index contributed by atoms with van der Waals surface area (Å²) in [4.78, 5) is 12.0. The van der Waals surface area contributed by atoms with Gasteiger partial charge in [0.15, 0.2) is 0 Å². The molecule has 0 spiro atoms. The number of halogens is 2. The highest BCUT2D eigenvalue weighted by atomic mass is 79.9. The van der Waals surface area contributed by atoms with Crippen molar-refractivity contribution >= 4 is 37.8 Å². The van der Waals surface area contributed by atoms with E-state index in [1.54, 1.807) is 0 Å². The van der Waals surface area contributed by atoms with Crippen LogP contribution in [0.1, 0.15) is 28.8 Å². The molecule has 0 unspecified atom stereocenters. The largest absolute Gasteiger partial charge is 0.346 e. The third kappa shape index (κ3) is 2.48. The number of aryl methyl sites for hydroxylation is 1. The molecule has 1 aromatic rings. The highest BCUT2D eigenvalue weighted by molar-refractivity contribution is 9.10. The third-order valence-electron chi connectivity index (χ3n) is 2.86. The molecule has 1 saturated carbocycles. The molecular weight excluding hydrogens is 334 g/mol. The van der Waals surface area contributed by atoms with Crippen molar-refractivity contribution < 1.29 is 4.79 Å². The number of amides is 1. The summed E-state index contributed by atoms with van der Waals surface area (Å²) in [5.74, 6) is 0.00354. The molecule has 0 aliphatic heterocycles. The molecule has 1 fully saturated rings. The molecule has 0 aromatic heterocycles. The minimum Gasteiger partial charge on any atom is -0.346 e. The van der Waals surface area contributed by atoms with Gasteiger partial charge in [-0.15, -0.1) is 0 Å². The van der Waals surface area contributed by atoms with Crippen molar-refractivity contribution in [2.24, 2.45) is 0 Å². The van der Waals surface area contributed by atoms with Crippen molar-refractivity contribution in [3.8, 4) is 0 Å². The molecule has 0 radical (unpaired) electrons. The smallest absolute Gasteiger partial charge is 0.252 e. The molecule has 2 nitrogen and oxygen atoms in total. The van der Waals surface area contributed by atoms with Gasteiger partial charge in [0, 0.05) is 9.80 Å². The monoisotopic (exact) mass is 345 g/mol. The van der Waals surface area contributed by atoms with E-state index in [4.69, 9.17) is 0 Å². The SMILES string of the molecule is Cc1ccc(C(=O)NC2(CBr)CC2)c(Br)c1. The van der Waals surface area contributed by atoms with Crippen molar-refractivity contribution in [3.63, 3.8) is 0 Å². The number of carbonyl (C=O) groups is 1. The minimum absolute atomic E-state index is 0.00140. The molecule has 0 atom stereocenters. The van der Waals surface area contributed by atoms with E-state index in [2.05, 4.69) is 37.2 Å². The normalized spacial score (nSPS) is 16.9. The van der Waals surface area contributed by atoms with Crippen LogP contribution in [0.5, 0.6) is 0 Å². The summed E-state index contributed by atoms with van der Waals surface area (Å²) in [5.41, 5.74) is 1.85. The lowest BCUT2D eigenvalue weighted by atomic mass is 10.1. The molecule has 0 saturated heterocycles. The fraction of sp³-hybridized carbons (Fsp3) is 0.417. The van der Waals surface area contributed by atoms with Gasteiger partial charge in [0.1, 0.15) is 0 Å². The van der Waals surface area contributed by atoms with Crippen LogP contribution in [0.3, 0.4) is 0 Å². The summed E-state index contributed by atoms with van der Waals surface area (Å²) in [6, 6.07) is 5.77. The molecule has 0 bridgehead atoms. The molecule has 86 valence electrons. The van der Waals surface area contributed by atoms with Crippen LogP contribution in [-0.2, 0) is 0 Å². The van der Waals surface area contributed by atoms with Crippen molar-refractivity contribution in [2.75, 3.05) is 5.33 Å². The van der Waals surface area contributed by atoms with E-state index in [0.29, 0.717) is 5.56 Å². The van der Waals surface area contributed by atoms with E-state index in [0.717, 1.165) is 28.2 Å². The Bertz CT molecular complexity index is 427. The molecule has 0 heterocycles. The molecule has 4 heteroatoms. The number of hydrogen-bond acceptors (Lipinski definition) is 1. The Balaban J connectivity index is 2.15. The lowest BCUT2D eigenvalue weighted by Gasteiger charge is -2.15. The van der Waals surface area contributed by atoms with Crippen LogP contribution in [0.15, 0.2) is 22.7 Å². The predicted molar refractivity (Wildman–Crippen MR) is 72.1 cm³/mol.